The lowest BCUT2D eigenvalue weighted by molar-refractivity contribution is 0.219. The number of amides is 2. The maximum Gasteiger partial charge on any atom is 0.319 e. The molecule has 23 heavy (non-hydrogen) atoms. The molecular formula is C19H20N2O2. The first-order valence-electron chi connectivity index (χ1n) is 8.19. The van der Waals surface area contributed by atoms with Crippen molar-refractivity contribution in [3.63, 3.8) is 0 Å². The van der Waals surface area contributed by atoms with Crippen molar-refractivity contribution in [3.8, 4) is 5.75 Å². The van der Waals surface area contributed by atoms with Crippen molar-refractivity contribution in [1.29, 1.82) is 0 Å². The molecule has 4 nitrogen and oxygen atoms in total. The van der Waals surface area contributed by atoms with E-state index < -0.39 is 0 Å². The number of anilines is 1. The second-order valence-corrected chi connectivity index (χ2v) is 6.22. The molecular weight excluding hydrogens is 288 g/mol. The number of hydrogen-bond donors (Lipinski definition) is 2. The van der Waals surface area contributed by atoms with Gasteiger partial charge in [0.2, 0.25) is 0 Å². The summed E-state index contributed by atoms with van der Waals surface area (Å²) in [5, 5.41) is 5.81. The van der Waals surface area contributed by atoms with Gasteiger partial charge in [-0.2, -0.15) is 0 Å². The van der Waals surface area contributed by atoms with E-state index in [0.717, 1.165) is 30.7 Å². The summed E-state index contributed by atoms with van der Waals surface area (Å²) >= 11 is 0. The van der Waals surface area contributed by atoms with Crippen molar-refractivity contribution in [2.45, 2.75) is 31.8 Å². The van der Waals surface area contributed by atoms with Crippen LogP contribution in [-0.2, 0) is 19.3 Å². The molecule has 118 valence electrons. The van der Waals surface area contributed by atoms with E-state index in [1.807, 2.05) is 24.3 Å². The Morgan fingerprint density at radius 3 is 2.87 bits per heavy atom. The molecule has 1 atom stereocenters. The summed E-state index contributed by atoms with van der Waals surface area (Å²) in [5.74, 6) is 0.929. The van der Waals surface area contributed by atoms with E-state index in [-0.39, 0.29) is 12.1 Å². The highest BCUT2D eigenvalue weighted by Crippen LogP contribution is 2.28. The number of carbonyl (C=O) groups excluding carboxylic acids is 1. The summed E-state index contributed by atoms with van der Waals surface area (Å²) in [6.07, 6.45) is 4.33. The highest BCUT2D eigenvalue weighted by Gasteiger charge is 2.22. The summed E-state index contributed by atoms with van der Waals surface area (Å²) in [6, 6.07) is 14.0. The number of benzene rings is 2. The van der Waals surface area contributed by atoms with Crippen LogP contribution in [0.2, 0.25) is 0 Å². The Morgan fingerprint density at radius 2 is 1.96 bits per heavy atom. The Bertz CT molecular complexity index is 717. The summed E-state index contributed by atoms with van der Waals surface area (Å²) in [6.45, 7) is 0.505. The molecule has 2 aromatic rings. The largest absolute Gasteiger partial charge is 0.488 e. The number of aryl methyl sites for hydroxylation is 2. The zero-order valence-corrected chi connectivity index (χ0v) is 13.0. The maximum atomic E-state index is 12.1. The number of ether oxygens (including phenoxy) is 1. The Morgan fingerprint density at radius 1 is 1.09 bits per heavy atom. The molecule has 2 aliphatic rings. The van der Waals surface area contributed by atoms with Gasteiger partial charge in [0.25, 0.3) is 0 Å². The summed E-state index contributed by atoms with van der Waals surface area (Å²) in [4.78, 5) is 12.1. The highest BCUT2D eigenvalue weighted by atomic mass is 16.5. The third-order valence-corrected chi connectivity index (χ3v) is 4.56. The number of hydrogen-bond acceptors (Lipinski definition) is 2. The zero-order chi connectivity index (χ0) is 15.6. The van der Waals surface area contributed by atoms with Gasteiger partial charge in [-0.3, -0.25) is 0 Å². The van der Waals surface area contributed by atoms with Crippen LogP contribution in [0.25, 0.3) is 0 Å². The van der Waals surface area contributed by atoms with Crippen molar-refractivity contribution < 1.29 is 9.53 Å². The monoisotopic (exact) mass is 308 g/mol. The molecule has 0 spiro atoms. The topological polar surface area (TPSA) is 50.4 Å². The second kappa shape index (κ2) is 5.95. The minimum atomic E-state index is -0.178. The predicted molar refractivity (Wildman–Crippen MR) is 90.1 cm³/mol. The number of urea groups is 1. The van der Waals surface area contributed by atoms with E-state index in [4.69, 9.17) is 4.74 Å². The van der Waals surface area contributed by atoms with Gasteiger partial charge in [0.1, 0.15) is 11.9 Å². The minimum absolute atomic E-state index is 0.0122. The highest BCUT2D eigenvalue weighted by molar-refractivity contribution is 5.89. The van der Waals surface area contributed by atoms with E-state index in [1.54, 1.807) is 0 Å². The van der Waals surface area contributed by atoms with Crippen LogP contribution in [0.3, 0.4) is 0 Å². The van der Waals surface area contributed by atoms with Gasteiger partial charge in [0.15, 0.2) is 0 Å². The van der Waals surface area contributed by atoms with Crippen LogP contribution in [-0.4, -0.2) is 18.7 Å². The SMILES string of the molecule is O=C(NC[C@H]1Cc2ccccc2O1)Nc1ccc2c(c1)CCC2. The fraction of sp³-hybridized carbons (Fsp3) is 0.316. The quantitative estimate of drug-likeness (QED) is 0.914. The molecule has 0 unspecified atom stereocenters. The first-order valence-corrected chi connectivity index (χ1v) is 8.19. The van der Waals surface area contributed by atoms with E-state index in [0.29, 0.717) is 6.54 Å². The lowest BCUT2D eigenvalue weighted by Gasteiger charge is -2.13. The minimum Gasteiger partial charge on any atom is -0.488 e. The first kappa shape index (κ1) is 14.1. The van der Waals surface area contributed by atoms with Crippen molar-refractivity contribution >= 4 is 11.7 Å². The van der Waals surface area contributed by atoms with Crippen molar-refractivity contribution in [3.05, 3.63) is 59.2 Å². The van der Waals surface area contributed by atoms with Crippen LogP contribution in [0.15, 0.2) is 42.5 Å². The zero-order valence-electron chi connectivity index (χ0n) is 13.0. The van der Waals surface area contributed by atoms with Gasteiger partial charge in [-0.05, 0) is 54.2 Å². The first-order chi connectivity index (χ1) is 11.3. The van der Waals surface area contributed by atoms with E-state index in [1.165, 1.54) is 23.1 Å². The molecule has 4 rings (SSSR count). The standard InChI is InChI=1S/C19H20N2O2/c22-19(21-16-9-8-13-5-3-6-14(13)10-16)20-12-17-11-15-4-1-2-7-18(15)23-17/h1-2,4,7-10,17H,3,5-6,11-12H2,(H2,20,21,22)/t17-/m1/s1. The van der Waals surface area contributed by atoms with Crippen LogP contribution < -0.4 is 15.4 Å². The van der Waals surface area contributed by atoms with Crippen LogP contribution in [0.1, 0.15) is 23.1 Å². The summed E-state index contributed by atoms with van der Waals surface area (Å²) in [7, 11) is 0. The fourth-order valence-electron chi connectivity index (χ4n) is 3.40. The molecule has 4 heteroatoms. The summed E-state index contributed by atoms with van der Waals surface area (Å²) < 4.78 is 5.83. The average Bonchev–Trinajstić information content (AvgIpc) is 3.18. The Labute approximate surface area is 135 Å². The molecule has 0 saturated carbocycles. The van der Waals surface area contributed by atoms with Gasteiger partial charge < -0.3 is 15.4 Å². The normalized spacial score (nSPS) is 18.0. The van der Waals surface area contributed by atoms with Gasteiger partial charge >= 0.3 is 6.03 Å². The number of fused-ring (bicyclic) bond motifs is 2. The number of para-hydroxylation sites is 1. The summed E-state index contributed by atoms with van der Waals surface area (Å²) in [5.41, 5.74) is 4.84. The van der Waals surface area contributed by atoms with Crippen molar-refractivity contribution in [2.24, 2.45) is 0 Å². The van der Waals surface area contributed by atoms with Gasteiger partial charge in [0.05, 0.1) is 6.54 Å². The molecule has 0 radical (unpaired) electrons. The fourth-order valence-corrected chi connectivity index (χ4v) is 3.40. The smallest absolute Gasteiger partial charge is 0.319 e. The van der Waals surface area contributed by atoms with Gasteiger partial charge in [-0.25, -0.2) is 4.79 Å². The Balaban J connectivity index is 1.30. The average molecular weight is 308 g/mol. The number of nitrogens with one attached hydrogen (secondary N) is 2. The molecule has 2 amide bonds. The lowest BCUT2D eigenvalue weighted by Crippen LogP contribution is -2.37. The third kappa shape index (κ3) is 3.02. The van der Waals surface area contributed by atoms with Gasteiger partial charge in [-0.15, -0.1) is 0 Å². The number of rotatable bonds is 3. The molecule has 0 aromatic heterocycles. The van der Waals surface area contributed by atoms with Crippen molar-refractivity contribution in [1.82, 2.24) is 5.32 Å². The molecule has 0 bridgehead atoms. The van der Waals surface area contributed by atoms with Crippen LogP contribution >= 0.6 is 0 Å². The predicted octanol–water partition coefficient (Wildman–Crippen LogP) is 3.30. The van der Waals surface area contributed by atoms with Gasteiger partial charge in [-0.1, -0.05) is 24.3 Å². The van der Waals surface area contributed by atoms with Crippen LogP contribution in [0.4, 0.5) is 10.5 Å². The van der Waals surface area contributed by atoms with E-state index in [2.05, 4.69) is 28.8 Å². The lowest BCUT2D eigenvalue weighted by atomic mass is 10.1. The van der Waals surface area contributed by atoms with E-state index in [9.17, 15) is 4.79 Å². The van der Waals surface area contributed by atoms with E-state index >= 15 is 0 Å². The molecule has 2 aromatic carbocycles. The van der Waals surface area contributed by atoms with Gasteiger partial charge in [0, 0.05) is 12.1 Å². The molecule has 0 fully saturated rings. The van der Waals surface area contributed by atoms with Crippen LogP contribution in [0, 0.1) is 0 Å². The van der Waals surface area contributed by atoms with Crippen molar-refractivity contribution in [2.75, 3.05) is 11.9 Å². The molecule has 1 aliphatic carbocycles. The Kier molecular flexibility index (Phi) is 3.66. The number of carbonyl (C=O) groups is 1. The maximum absolute atomic E-state index is 12.1. The molecule has 1 heterocycles. The molecule has 0 saturated heterocycles. The van der Waals surface area contributed by atoms with Crippen LogP contribution in [0.5, 0.6) is 5.75 Å². The molecule has 2 N–H and O–H groups in total. The Hall–Kier alpha value is -2.49. The third-order valence-electron chi connectivity index (χ3n) is 4.56. The second-order valence-electron chi connectivity index (χ2n) is 6.22. The molecule has 1 aliphatic heterocycles.